The van der Waals surface area contributed by atoms with Crippen LogP contribution in [0.1, 0.15) is 162 Å². The number of carbonyl (C=O) groups excluding carboxylic acids is 1. The Balaban J connectivity index is 2.26. The molecule has 9 nitrogen and oxygen atoms in total. The first-order valence-electron chi connectivity index (χ1n) is 22.5. The molecule has 328 valence electrons. The first-order chi connectivity index (χ1) is 27.9. The van der Waals surface area contributed by atoms with Crippen molar-refractivity contribution in [2.24, 2.45) is 0 Å². The van der Waals surface area contributed by atoms with E-state index in [0.29, 0.717) is 13.0 Å². The molecule has 0 aromatic heterocycles. The molecule has 1 heterocycles. The summed E-state index contributed by atoms with van der Waals surface area (Å²) in [5, 5.41) is 40.1. The summed E-state index contributed by atoms with van der Waals surface area (Å²) in [5.41, 5.74) is 0. The zero-order chi connectivity index (χ0) is 41.4. The molecule has 9 heteroatoms. The van der Waals surface area contributed by atoms with Crippen LogP contribution in [0.3, 0.4) is 0 Å². The van der Waals surface area contributed by atoms with Crippen LogP contribution in [0.5, 0.6) is 0 Å². The fourth-order valence-electron chi connectivity index (χ4n) is 6.33. The molecule has 1 fully saturated rings. The predicted molar refractivity (Wildman–Crippen MR) is 233 cm³/mol. The van der Waals surface area contributed by atoms with Gasteiger partial charge in [-0.3, -0.25) is 4.79 Å². The van der Waals surface area contributed by atoms with Crippen molar-refractivity contribution in [1.82, 2.24) is 0 Å². The van der Waals surface area contributed by atoms with Crippen molar-refractivity contribution in [3.8, 4) is 0 Å². The summed E-state index contributed by atoms with van der Waals surface area (Å²) in [6.45, 7) is 4.36. The van der Waals surface area contributed by atoms with Crippen molar-refractivity contribution < 1.29 is 44.2 Å². The molecule has 0 saturated carbocycles. The minimum absolute atomic E-state index is 0.127. The Morgan fingerprint density at radius 2 is 1.07 bits per heavy atom. The maximum atomic E-state index is 12.7. The molecular formula is C48H82O9. The van der Waals surface area contributed by atoms with Crippen molar-refractivity contribution >= 4 is 5.97 Å². The summed E-state index contributed by atoms with van der Waals surface area (Å²) in [5.74, 6) is -0.333. The highest BCUT2D eigenvalue weighted by Crippen LogP contribution is 2.22. The van der Waals surface area contributed by atoms with Gasteiger partial charge in [0.05, 0.1) is 19.8 Å². The molecule has 0 amide bonds. The van der Waals surface area contributed by atoms with Gasteiger partial charge in [0, 0.05) is 13.0 Å². The van der Waals surface area contributed by atoms with E-state index in [1.54, 1.807) is 0 Å². The van der Waals surface area contributed by atoms with Crippen molar-refractivity contribution in [1.29, 1.82) is 0 Å². The number of ether oxygens (including phenoxy) is 4. The number of aliphatic hydroxyl groups is 4. The lowest BCUT2D eigenvalue weighted by Gasteiger charge is -2.39. The zero-order valence-electron chi connectivity index (χ0n) is 35.8. The van der Waals surface area contributed by atoms with Gasteiger partial charge in [0.2, 0.25) is 0 Å². The third-order valence-corrected chi connectivity index (χ3v) is 9.86. The number of carbonyl (C=O) groups is 1. The third-order valence-electron chi connectivity index (χ3n) is 9.86. The van der Waals surface area contributed by atoms with E-state index in [0.717, 1.165) is 96.3 Å². The highest BCUT2D eigenvalue weighted by molar-refractivity contribution is 5.69. The third kappa shape index (κ3) is 30.4. The van der Waals surface area contributed by atoms with Gasteiger partial charge in [-0.15, -0.1) is 0 Å². The molecule has 0 aromatic carbocycles. The van der Waals surface area contributed by atoms with Crippen molar-refractivity contribution in [2.45, 2.75) is 198 Å². The van der Waals surface area contributed by atoms with Gasteiger partial charge in [0.15, 0.2) is 6.29 Å². The van der Waals surface area contributed by atoms with E-state index in [9.17, 15) is 25.2 Å². The number of rotatable bonds is 37. The highest BCUT2D eigenvalue weighted by Gasteiger charge is 2.44. The molecule has 57 heavy (non-hydrogen) atoms. The van der Waals surface area contributed by atoms with Crippen LogP contribution in [0.15, 0.2) is 72.9 Å². The second-order valence-electron chi connectivity index (χ2n) is 15.1. The maximum absolute atomic E-state index is 12.7. The lowest BCUT2D eigenvalue weighted by molar-refractivity contribution is -0.305. The molecule has 4 N–H and O–H groups in total. The molecule has 0 radical (unpaired) electrons. The number of esters is 1. The molecule has 0 bridgehead atoms. The van der Waals surface area contributed by atoms with Crippen LogP contribution < -0.4 is 0 Å². The smallest absolute Gasteiger partial charge is 0.306 e. The van der Waals surface area contributed by atoms with Crippen molar-refractivity contribution in [3.63, 3.8) is 0 Å². The van der Waals surface area contributed by atoms with Crippen LogP contribution in [0, 0.1) is 0 Å². The summed E-state index contributed by atoms with van der Waals surface area (Å²) in [6.07, 6.45) is 43.6. The largest absolute Gasteiger partial charge is 0.457 e. The molecular weight excluding hydrogens is 721 g/mol. The van der Waals surface area contributed by atoms with Crippen LogP contribution in [-0.4, -0.2) is 89.6 Å². The standard InChI is InChI=1S/C48H82O9/c1-3-5-7-9-11-13-15-17-18-19-20-21-22-23-24-25-26-28-30-32-34-36-38-54-40-42(41-55-48-47(53)46(52)45(51)43(39-49)57-48)56-44(50)37-35-33-31-29-27-16-14-12-10-8-6-4-2/h5,7,11-14,17-18,20-21,23-24,42-43,45-49,51-53H,3-4,6,8-10,15-16,19,22,25-41H2,1-2H3/b7-5-,13-11-,14-12-,18-17-,21-20-,24-23-. The highest BCUT2D eigenvalue weighted by atomic mass is 16.7. The van der Waals surface area contributed by atoms with E-state index in [2.05, 4.69) is 86.8 Å². The summed E-state index contributed by atoms with van der Waals surface area (Å²) in [6, 6.07) is 0. The number of hydrogen-bond donors (Lipinski definition) is 4. The number of allylic oxidation sites excluding steroid dienone is 12. The van der Waals surface area contributed by atoms with Crippen LogP contribution in [0.25, 0.3) is 0 Å². The van der Waals surface area contributed by atoms with E-state index in [1.807, 2.05) is 0 Å². The Labute approximate surface area is 347 Å². The average molecular weight is 803 g/mol. The normalized spacial score (nSPS) is 21.1. The lowest BCUT2D eigenvalue weighted by atomic mass is 9.99. The van der Waals surface area contributed by atoms with Gasteiger partial charge in [-0.2, -0.15) is 0 Å². The van der Waals surface area contributed by atoms with Gasteiger partial charge in [0.1, 0.15) is 30.5 Å². The second-order valence-corrected chi connectivity index (χ2v) is 15.1. The first-order valence-corrected chi connectivity index (χ1v) is 22.5. The Hall–Kier alpha value is -2.37. The van der Waals surface area contributed by atoms with E-state index in [1.165, 1.54) is 44.9 Å². The summed E-state index contributed by atoms with van der Waals surface area (Å²) < 4.78 is 22.8. The van der Waals surface area contributed by atoms with Crippen LogP contribution in [-0.2, 0) is 23.7 Å². The Morgan fingerprint density at radius 1 is 0.579 bits per heavy atom. The molecule has 1 aliphatic rings. The van der Waals surface area contributed by atoms with E-state index in [-0.39, 0.29) is 19.2 Å². The molecule has 6 atom stereocenters. The maximum Gasteiger partial charge on any atom is 0.306 e. The zero-order valence-corrected chi connectivity index (χ0v) is 35.8. The summed E-state index contributed by atoms with van der Waals surface area (Å²) in [7, 11) is 0. The number of hydrogen-bond acceptors (Lipinski definition) is 9. The van der Waals surface area contributed by atoms with E-state index in [4.69, 9.17) is 18.9 Å². The van der Waals surface area contributed by atoms with Gasteiger partial charge in [-0.05, 0) is 83.5 Å². The van der Waals surface area contributed by atoms with E-state index < -0.39 is 43.4 Å². The molecule has 6 unspecified atom stereocenters. The van der Waals surface area contributed by atoms with Crippen molar-refractivity contribution in [3.05, 3.63) is 72.9 Å². The van der Waals surface area contributed by atoms with Gasteiger partial charge in [-0.25, -0.2) is 0 Å². The molecule has 0 aliphatic carbocycles. The molecule has 0 spiro atoms. The summed E-state index contributed by atoms with van der Waals surface area (Å²) >= 11 is 0. The Morgan fingerprint density at radius 3 is 1.63 bits per heavy atom. The monoisotopic (exact) mass is 803 g/mol. The average Bonchev–Trinajstić information content (AvgIpc) is 3.21. The minimum atomic E-state index is -1.54. The number of aliphatic hydroxyl groups excluding tert-OH is 4. The fraction of sp³-hybridized carbons (Fsp3) is 0.729. The predicted octanol–water partition coefficient (Wildman–Crippen LogP) is 10.1. The van der Waals surface area contributed by atoms with E-state index >= 15 is 0 Å². The number of unbranched alkanes of at least 4 members (excludes halogenated alkanes) is 14. The topological polar surface area (TPSA) is 135 Å². The molecule has 0 aromatic rings. The molecule has 1 rings (SSSR count). The van der Waals surface area contributed by atoms with Gasteiger partial charge < -0.3 is 39.4 Å². The van der Waals surface area contributed by atoms with Crippen LogP contribution in [0.2, 0.25) is 0 Å². The molecule has 1 saturated heterocycles. The minimum Gasteiger partial charge on any atom is -0.457 e. The second kappa shape index (κ2) is 39.1. The van der Waals surface area contributed by atoms with Gasteiger partial charge in [-0.1, -0.05) is 145 Å². The summed E-state index contributed by atoms with van der Waals surface area (Å²) in [4.78, 5) is 12.7. The lowest BCUT2D eigenvalue weighted by Crippen LogP contribution is -2.59. The Kier molecular flexibility index (Phi) is 36.1. The quantitative estimate of drug-likeness (QED) is 0.0275. The SMILES string of the molecule is CC/C=C\C/C=C\C/C=C\C/C=C\C/C=C\CCCCCCCCOCC(COC1OC(CO)C(O)C(O)C1O)OC(=O)CCCCCCC/C=C\CCCCC. The first kappa shape index (κ1) is 52.6. The van der Waals surface area contributed by atoms with Crippen molar-refractivity contribution in [2.75, 3.05) is 26.4 Å². The Bertz CT molecular complexity index is 1100. The fourth-order valence-corrected chi connectivity index (χ4v) is 6.33. The van der Waals surface area contributed by atoms with Gasteiger partial charge >= 0.3 is 5.97 Å². The molecule has 1 aliphatic heterocycles. The van der Waals surface area contributed by atoms with Gasteiger partial charge in [0.25, 0.3) is 0 Å². The van der Waals surface area contributed by atoms with Crippen LogP contribution in [0.4, 0.5) is 0 Å². The van der Waals surface area contributed by atoms with Crippen LogP contribution >= 0.6 is 0 Å².